The maximum Gasteiger partial charge on any atom is 0.336 e. The standard InChI is InChI=1S/C14H19NO4/c1-8(2)19-7-13(16)15-11-5-9(3)10(4)12(6-11)14(17)18/h5-6,8H,7H2,1-4H3,(H,15,16)(H,17,18). The predicted molar refractivity (Wildman–Crippen MR) is 72.6 cm³/mol. The fraction of sp³-hybridized carbons (Fsp3) is 0.429. The van der Waals surface area contributed by atoms with Crippen LogP contribution in [0.25, 0.3) is 0 Å². The lowest BCUT2D eigenvalue weighted by atomic mass is 10.0. The Hall–Kier alpha value is -1.88. The summed E-state index contributed by atoms with van der Waals surface area (Å²) in [5.74, 6) is -1.30. The zero-order chi connectivity index (χ0) is 14.6. The van der Waals surface area contributed by atoms with Crippen molar-refractivity contribution in [1.29, 1.82) is 0 Å². The summed E-state index contributed by atoms with van der Waals surface area (Å²) in [6, 6.07) is 3.20. The highest BCUT2D eigenvalue weighted by Crippen LogP contribution is 2.20. The number of aromatic carboxylic acids is 1. The summed E-state index contributed by atoms with van der Waals surface area (Å²) in [5.41, 5.74) is 2.18. The normalized spacial score (nSPS) is 10.6. The van der Waals surface area contributed by atoms with Crippen LogP contribution in [0.5, 0.6) is 0 Å². The monoisotopic (exact) mass is 265 g/mol. The van der Waals surface area contributed by atoms with Gasteiger partial charge in [-0.15, -0.1) is 0 Å². The maximum absolute atomic E-state index is 11.6. The van der Waals surface area contributed by atoms with Gasteiger partial charge in [-0.1, -0.05) is 0 Å². The van der Waals surface area contributed by atoms with Gasteiger partial charge in [0.05, 0.1) is 11.7 Å². The number of carbonyl (C=O) groups excluding carboxylic acids is 1. The van der Waals surface area contributed by atoms with Crippen molar-refractivity contribution in [3.05, 3.63) is 28.8 Å². The van der Waals surface area contributed by atoms with Crippen LogP contribution < -0.4 is 5.32 Å². The van der Waals surface area contributed by atoms with Crippen molar-refractivity contribution >= 4 is 17.6 Å². The number of carboxylic acids is 1. The van der Waals surface area contributed by atoms with Gasteiger partial charge in [-0.3, -0.25) is 4.79 Å². The summed E-state index contributed by atoms with van der Waals surface area (Å²) < 4.78 is 5.18. The van der Waals surface area contributed by atoms with Gasteiger partial charge in [0.2, 0.25) is 5.91 Å². The number of nitrogens with one attached hydrogen (secondary N) is 1. The average molecular weight is 265 g/mol. The second kappa shape index (κ2) is 6.33. The van der Waals surface area contributed by atoms with E-state index in [1.54, 1.807) is 13.0 Å². The van der Waals surface area contributed by atoms with Crippen molar-refractivity contribution in [2.24, 2.45) is 0 Å². The Bertz CT molecular complexity index is 494. The van der Waals surface area contributed by atoms with Gasteiger partial charge in [0.15, 0.2) is 0 Å². The van der Waals surface area contributed by atoms with Gasteiger partial charge < -0.3 is 15.2 Å². The van der Waals surface area contributed by atoms with Crippen molar-refractivity contribution in [3.63, 3.8) is 0 Å². The third-order valence-electron chi connectivity index (χ3n) is 2.73. The van der Waals surface area contributed by atoms with Gasteiger partial charge in [-0.25, -0.2) is 4.79 Å². The lowest BCUT2D eigenvalue weighted by Crippen LogP contribution is -2.21. The Morgan fingerprint density at radius 3 is 2.47 bits per heavy atom. The van der Waals surface area contributed by atoms with E-state index in [9.17, 15) is 9.59 Å². The van der Waals surface area contributed by atoms with Crippen LogP contribution in [0, 0.1) is 13.8 Å². The zero-order valence-corrected chi connectivity index (χ0v) is 11.6. The van der Waals surface area contributed by atoms with E-state index in [2.05, 4.69) is 5.32 Å². The van der Waals surface area contributed by atoms with Gasteiger partial charge in [0.25, 0.3) is 0 Å². The first-order valence-corrected chi connectivity index (χ1v) is 6.07. The number of carbonyl (C=O) groups is 2. The molecule has 104 valence electrons. The molecule has 0 fully saturated rings. The van der Waals surface area contributed by atoms with E-state index in [0.717, 1.165) is 5.56 Å². The highest BCUT2D eigenvalue weighted by atomic mass is 16.5. The third-order valence-corrected chi connectivity index (χ3v) is 2.73. The summed E-state index contributed by atoms with van der Waals surface area (Å²) >= 11 is 0. The van der Waals surface area contributed by atoms with Crippen LogP contribution in [-0.4, -0.2) is 29.7 Å². The average Bonchev–Trinajstić information content (AvgIpc) is 2.30. The van der Waals surface area contributed by atoms with Gasteiger partial charge in [-0.05, 0) is 51.0 Å². The minimum Gasteiger partial charge on any atom is -0.478 e. The molecule has 0 aliphatic rings. The van der Waals surface area contributed by atoms with E-state index in [0.29, 0.717) is 11.3 Å². The molecule has 0 bridgehead atoms. The lowest BCUT2D eigenvalue weighted by molar-refractivity contribution is -0.121. The maximum atomic E-state index is 11.6. The highest BCUT2D eigenvalue weighted by molar-refractivity contribution is 5.95. The van der Waals surface area contributed by atoms with Crippen molar-refractivity contribution in [2.45, 2.75) is 33.8 Å². The molecule has 5 nitrogen and oxygen atoms in total. The zero-order valence-electron chi connectivity index (χ0n) is 11.6. The summed E-state index contributed by atoms with van der Waals surface area (Å²) in [4.78, 5) is 22.7. The number of ether oxygens (including phenoxy) is 1. The number of amides is 1. The largest absolute Gasteiger partial charge is 0.478 e. The van der Waals surface area contributed by atoms with Crippen molar-refractivity contribution in [1.82, 2.24) is 0 Å². The van der Waals surface area contributed by atoms with Gasteiger partial charge in [-0.2, -0.15) is 0 Å². The number of anilines is 1. The fourth-order valence-corrected chi connectivity index (χ4v) is 1.59. The van der Waals surface area contributed by atoms with E-state index in [1.165, 1.54) is 6.07 Å². The van der Waals surface area contributed by atoms with Crippen LogP contribution in [0.4, 0.5) is 5.69 Å². The molecule has 0 saturated carbocycles. The second-order valence-electron chi connectivity index (χ2n) is 4.68. The Kier molecular flexibility index (Phi) is 5.06. The molecule has 0 aliphatic carbocycles. The first kappa shape index (κ1) is 15.2. The predicted octanol–water partition coefficient (Wildman–Crippen LogP) is 2.37. The number of hydrogen-bond acceptors (Lipinski definition) is 3. The first-order chi connectivity index (χ1) is 8.81. The Morgan fingerprint density at radius 1 is 1.32 bits per heavy atom. The van der Waals surface area contributed by atoms with Crippen molar-refractivity contribution < 1.29 is 19.4 Å². The molecule has 1 amide bonds. The van der Waals surface area contributed by atoms with E-state index < -0.39 is 5.97 Å². The Morgan fingerprint density at radius 2 is 1.95 bits per heavy atom. The number of aryl methyl sites for hydroxylation is 1. The molecule has 0 aromatic heterocycles. The summed E-state index contributed by atoms with van der Waals surface area (Å²) in [6.07, 6.45) is -0.0277. The molecule has 0 radical (unpaired) electrons. The van der Waals surface area contributed by atoms with Crippen LogP contribution in [-0.2, 0) is 9.53 Å². The van der Waals surface area contributed by atoms with Gasteiger partial charge in [0, 0.05) is 5.69 Å². The number of benzene rings is 1. The molecule has 1 rings (SSSR count). The first-order valence-electron chi connectivity index (χ1n) is 6.07. The number of hydrogen-bond donors (Lipinski definition) is 2. The molecule has 0 unspecified atom stereocenters. The molecule has 1 aromatic rings. The SMILES string of the molecule is Cc1cc(NC(=O)COC(C)C)cc(C(=O)O)c1C. The molecule has 0 aliphatic heterocycles. The van der Waals surface area contributed by atoms with Crippen LogP contribution >= 0.6 is 0 Å². The van der Waals surface area contributed by atoms with Crippen LogP contribution in [0.2, 0.25) is 0 Å². The molecule has 19 heavy (non-hydrogen) atoms. The van der Waals surface area contributed by atoms with Gasteiger partial charge in [0.1, 0.15) is 6.61 Å². The van der Waals surface area contributed by atoms with E-state index in [4.69, 9.17) is 9.84 Å². The molecule has 5 heteroatoms. The van der Waals surface area contributed by atoms with E-state index in [1.807, 2.05) is 20.8 Å². The van der Waals surface area contributed by atoms with Crippen LogP contribution in [0.3, 0.4) is 0 Å². The molecule has 1 aromatic carbocycles. The summed E-state index contributed by atoms with van der Waals surface area (Å²) in [6.45, 7) is 7.18. The number of rotatable bonds is 5. The fourth-order valence-electron chi connectivity index (χ4n) is 1.59. The topological polar surface area (TPSA) is 75.6 Å². The smallest absolute Gasteiger partial charge is 0.336 e. The quantitative estimate of drug-likeness (QED) is 0.857. The number of carboxylic acid groups (broad SMARTS) is 1. The van der Waals surface area contributed by atoms with Crippen molar-refractivity contribution in [2.75, 3.05) is 11.9 Å². The van der Waals surface area contributed by atoms with Crippen molar-refractivity contribution in [3.8, 4) is 0 Å². The summed E-state index contributed by atoms with van der Waals surface area (Å²) in [7, 11) is 0. The highest BCUT2D eigenvalue weighted by Gasteiger charge is 2.12. The van der Waals surface area contributed by atoms with Crippen LogP contribution in [0.15, 0.2) is 12.1 Å². The molecular formula is C14H19NO4. The molecular weight excluding hydrogens is 246 g/mol. The Labute approximate surface area is 112 Å². The molecule has 0 saturated heterocycles. The van der Waals surface area contributed by atoms with E-state index in [-0.39, 0.29) is 24.2 Å². The van der Waals surface area contributed by atoms with Crippen LogP contribution in [0.1, 0.15) is 35.3 Å². The minimum absolute atomic E-state index is 0.0277. The minimum atomic E-state index is -1.00. The second-order valence-corrected chi connectivity index (χ2v) is 4.68. The molecule has 0 spiro atoms. The summed E-state index contributed by atoms with van der Waals surface area (Å²) in [5, 5.41) is 11.7. The Balaban J connectivity index is 2.85. The van der Waals surface area contributed by atoms with Gasteiger partial charge >= 0.3 is 5.97 Å². The molecule has 2 N–H and O–H groups in total. The van der Waals surface area contributed by atoms with E-state index >= 15 is 0 Å². The lowest BCUT2D eigenvalue weighted by Gasteiger charge is -2.11. The molecule has 0 atom stereocenters. The third kappa shape index (κ3) is 4.37. The molecule has 0 heterocycles.